The lowest BCUT2D eigenvalue weighted by Crippen LogP contribution is -1.95. The number of benzene rings is 1. The Hall–Kier alpha value is -1.50. The highest BCUT2D eigenvalue weighted by atomic mass is 14.7. The summed E-state index contributed by atoms with van der Waals surface area (Å²) in [5.41, 5.74) is 2.58. The highest BCUT2D eigenvalue weighted by Gasteiger charge is 2.07. The topological polar surface area (TPSA) is 15.8 Å². The van der Waals surface area contributed by atoms with Crippen LogP contribution in [0.1, 0.15) is 24.1 Å². The van der Waals surface area contributed by atoms with Gasteiger partial charge in [0.2, 0.25) is 0 Å². The molecule has 0 spiro atoms. The molecule has 1 N–H and O–H groups in total. The summed E-state index contributed by atoms with van der Waals surface area (Å²) in [5, 5.41) is 0. The molecule has 1 radical (unpaired) electrons. The fraction of sp³-hybridized carbons (Fsp3) is 0.167. The molecular weight excluding hydrogens is 158 g/mol. The monoisotopic (exact) mass is 170 g/mol. The summed E-state index contributed by atoms with van der Waals surface area (Å²) >= 11 is 0. The zero-order chi connectivity index (χ0) is 9.10. The molecular formula is C12H12N. The average molecular weight is 170 g/mol. The number of hydrogen-bond donors (Lipinski definition) is 1. The SMILES string of the molecule is CC(c1cc[c]cc1)c1ccc[nH]1. The minimum absolute atomic E-state index is 0.435. The number of hydrogen-bond acceptors (Lipinski definition) is 0. The van der Waals surface area contributed by atoms with Gasteiger partial charge in [0.25, 0.3) is 0 Å². The predicted octanol–water partition coefficient (Wildman–Crippen LogP) is 2.97. The van der Waals surface area contributed by atoms with Gasteiger partial charge in [-0.2, -0.15) is 0 Å². The van der Waals surface area contributed by atoms with Crippen molar-refractivity contribution in [3.63, 3.8) is 0 Å². The van der Waals surface area contributed by atoms with Crippen LogP contribution in [0.25, 0.3) is 0 Å². The molecule has 0 fully saturated rings. The summed E-state index contributed by atoms with van der Waals surface area (Å²) in [7, 11) is 0. The van der Waals surface area contributed by atoms with Crippen molar-refractivity contribution >= 4 is 0 Å². The maximum absolute atomic E-state index is 3.23. The van der Waals surface area contributed by atoms with E-state index in [4.69, 9.17) is 0 Å². The zero-order valence-corrected chi connectivity index (χ0v) is 7.62. The van der Waals surface area contributed by atoms with Crippen LogP contribution in [0.3, 0.4) is 0 Å². The minimum atomic E-state index is 0.435. The van der Waals surface area contributed by atoms with Crippen molar-refractivity contribution in [2.45, 2.75) is 12.8 Å². The van der Waals surface area contributed by atoms with Crippen molar-refractivity contribution in [2.75, 3.05) is 0 Å². The van der Waals surface area contributed by atoms with E-state index >= 15 is 0 Å². The molecule has 13 heavy (non-hydrogen) atoms. The number of H-pyrrole nitrogens is 1. The molecule has 0 aliphatic rings. The van der Waals surface area contributed by atoms with E-state index in [1.165, 1.54) is 11.3 Å². The smallest absolute Gasteiger partial charge is 0.0220 e. The van der Waals surface area contributed by atoms with Gasteiger partial charge in [-0.05, 0) is 23.8 Å². The van der Waals surface area contributed by atoms with E-state index < -0.39 is 0 Å². The van der Waals surface area contributed by atoms with Crippen LogP contribution in [-0.2, 0) is 0 Å². The molecule has 1 aromatic carbocycles. The molecule has 0 saturated heterocycles. The van der Waals surface area contributed by atoms with Crippen molar-refractivity contribution in [3.8, 4) is 0 Å². The van der Waals surface area contributed by atoms with Gasteiger partial charge in [0.1, 0.15) is 0 Å². The van der Waals surface area contributed by atoms with Gasteiger partial charge in [-0.25, -0.2) is 0 Å². The van der Waals surface area contributed by atoms with E-state index in [2.05, 4.69) is 36.2 Å². The van der Waals surface area contributed by atoms with Gasteiger partial charge in [-0.15, -0.1) is 0 Å². The molecule has 1 heteroatoms. The Morgan fingerprint density at radius 2 is 2.00 bits per heavy atom. The predicted molar refractivity (Wildman–Crippen MR) is 53.6 cm³/mol. The first kappa shape index (κ1) is 8.11. The average Bonchev–Trinajstić information content (AvgIpc) is 2.71. The number of nitrogens with one attached hydrogen (secondary N) is 1. The third-order valence-corrected chi connectivity index (χ3v) is 2.33. The van der Waals surface area contributed by atoms with Crippen LogP contribution in [-0.4, -0.2) is 4.98 Å². The summed E-state index contributed by atoms with van der Waals surface area (Å²) in [4.78, 5) is 3.23. The van der Waals surface area contributed by atoms with E-state index in [-0.39, 0.29) is 0 Å². The van der Waals surface area contributed by atoms with Crippen LogP contribution >= 0.6 is 0 Å². The molecule has 1 atom stereocenters. The summed E-state index contributed by atoms with van der Waals surface area (Å²) in [6.45, 7) is 2.20. The highest BCUT2D eigenvalue weighted by Crippen LogP contribution is 2.21. The van der Waals surface area contributed by atoms with Crippen molar-refractivity contribution in [3.05, 3.63) is 59.9 Å². The van der Waals surface area contributed by atoms with Gasteiger partial charge < -0.3 is 4.98 Å². The second kappa shape index (κ2) is 3.48. The molecule has 0 aliphatic carbocycles. The fourth-order valence-electron chi connectivity index (χ4n) is 1.48. The van der Waals surface area contributed by atoms with E-state index in [0.29, 0.717) is 5.92 Å². The summed E-state index contributed by atoms with van der Waals surface area (Å²) < 4.78 is 0. The maximum Gasteiger partial charge on any atom is 0.0220 e. The molecule has 0 aliphatic heterocycles. The molecule has 1 heterocycles. The number of aromatic nitrogens is 1. The van der Waals surface area contributed by atoms with E-state index in [9.17, 15) is 0 Å². The quantitative estimate of drug-likeness (QED) is 0.713. The van der Waals surface area contributed by atoms with Crippen LogP contribution in [0.5, 0.6) is 0 Å². The minimum Gasteiger partial charge on any atom is -0.364 e. The fourth-order valence-corrected chi connectivity index (χ4v) is 1.48. The third kappa shape index (κ3) is 1.64. The first-order chi connectivity index (χ1) is 6.38. The van der Waals surface area contributed by atoms with E-state index in [0.717, 1.165) is 0 Å². The Kier molecular flexibility index (Phi) is 2.17. The maximum atomic E-state index is 3.23. The van der Waals surface area contributed by atoms with Crippen molar-refractivity contribution in [2.24, 2.45) is 0 Å². The van der Waals surface area contributed by atoms with E-state index in [1.54, 1.807) is 0 Å². The Morgan fingerprint density at radius 3 is 2.62 bits per heavy atom. The van der Waals surface area contributed by atoms with Gasteiger partial charge in [0.05, 0.1) is 0 Å². The molecule has 2 rings (SSSR count). The van der Waals surface area contributed by atoms with E-state index in [1.807, 2.05) is 24.4 Å². The number of aromatic amines is 1. The Labute approximate surface area is 78.4 Å². The molecule has 65 valence electrons. The molecule has 0 bridgehead atoms. The second-order valence-electron chi connectivity index (χ2n) is 3.18. The van der Waals surface area contributed by atoms with Crippen molar-refractivity contribution in [1.82, 2.24) is 4.98 Å². The van der Waals surface area contributed by atoms with Crippen molar-refractivity contribution < 1.29 is 0 Å². The van der Waals surface area contributed by atoms with Gasteiger partial charge in [-0.3, -0.25) is 0 Å². The van der Waals surface area contributed by atoms with Crippen molar-refractivity contribution in [1.29, 1.82) is 0 Å². The Bertz CT molecular complexity index is 348. The lowest BCUT2D eigenvalue weighted by Gasteiger charge is -2.09. The Morgan fingerprint density at radius 1 is 1.23 bits per heavy atom. The van der Waals surface area contributed by atoms with Crippen LogP contribution in [0.15, 0.2) is 42.6 Å². The van der Waals surface area contributed by atoms with Crippen LogP contribution in [0.2, 0.25) is 0 Å². The van der Waals surface area contributed by atoms with Crippen LogP contribution in [0.4, 0.5) is 0 Å². The lowest BCUT2D eigenvalue weighted by molar-refractivity contribution is 0.883. The second-order valence-corrected chi connectivity index (χ2v) is 3.18. The molecule has 0 amide bonds. The first-order valence-electron chi connectivity index (χ1n) is 4.47. The molecule has 1 aromatic heterocycles. The molecule has 1 nitrogen and oxygen atoms in total. The van der Waals surface area contributed by atoms with Gasteiger partial charge >= 0.3 is 0 Å². The largest absolute Gasteiger partial charge is 0.364 e. The normalized spacial score (nSPS) is 12.7. The standard InChI is InChI=1S/C12H12N/c1-10(12-8-5-9-13-12)11-6-3-2-4-7-11/h3-10,13H,1H3. The zero-order valence-electron chi connectivity index (χ0n) is 7.62. The van der Waals surface area contributed by atoms with Gasteiger partial charge in [-0.1, -0.05) is 31.2 Å². The van der Waals surface area contributed by atoms with Crippen LogP contribution < -0.4 is 0 Å². The molecule has 0 saturated carbocycles. The summed E-state index contributed by atoms with van der Waals surface area (Å²) in [6, 6.07) is 15.3. The summed E-state index contributed by atoms with van der Waals surface area (Å²) in [5.74, 6) is 0.435. The van der Waals surface area contributed by atoms with Gasteiger partial charge in [0, 0.05) is 17.8 Å². The third-order valence-electron chi connectivity index (χ3n) is 2.33. The molecule has 2 aromatic rings. The summed E-state index contributed by atoms with van der Waals surface area (Å²) in [6.07, 6.45) is 1.96. The van der Waals surface area contributed by atoms with Crippen LogP contribution in [0, 0.1) is 6.07 Å². The lowest BCUT2D eigenvalue weighted by atomic mass is 9.98. The Balaban J connectivity index is 2.29. The van der Waals surface area contributed by atoms with Gasteiger partial charge in [0.15, 0.2) is 0 Å². The number of rotatable bonds is 2. The highest BCUT2D eigenvalue weighted by molar-refractivity contribution is 5.27. The first-order valence-corrected chi connectivity index (χ1v) is 4.47. The molecule has 1 unspecified atom stereocenters.